The van der Waals surface area contributed by atoms with Crippen LogP contribution in [0.4, 0.5) is 0 Å². The summed E-state index contributed by atoms with van der Waals surface area (Å²) in [6.45, 7) is 6.40. The van der Waals surface area contributed by atoms with Gasteiger partial charge in [-0.3, -0.25) is 14.4 Å². The highest BCUT2D eigenvalue weighted by Gasteiger charge is 2.19. The van der Waals surface area contributed by atoms with Crippen LogP contribution in [0.5, 0.6) is 0 Å². The number of unbranched alkanes of at least 4 members (excludes halogenated alkanes) is 19. The van der Waals surface area contributed by atoms with Crippen molar-refractivity contribution in [2.45, 2.75) is 245 Å². The summed E-state index contributed by atoms with van der Waals surface area (Å²) in [6.07, 6.45) is 73.7. The summed E-state index contributed by atoms with van der Waals surface area (Å²) in [7, 11) is 0. The zero-order valence-corrected chi connectivity index (χ0v) is 43.4. The second-order valence-corrected chi connectivity index (χ2v) is 17.7. The molecule has 67 heavy (non-hydrogen) atoms. The van der Waals surface area contributed by atoms with Crippen molar-refractivity contribution >= 4 is 17.9 Å². The van der Waals surface area contributed by atoms with Crippen LogP contribution < -0.4 is 0 Å². The van der Waals surface area contributed by atoms with Crippen LogP contribution >= 0.6 is 0 Å². The molecule has 0 aliphatic rings. The van der Waals surface area contributed by atoms with Crippen LogP contribution in [0.25, 0.3) is 0 Å². The highest BCUT2D eigenvalue weighted by molar-refractivity contribution is 5.71. The molecule has 6 heteroatoms. The zero-order chi connectivity index (χ0) is 48.6. The second-order valence-electron chi connectivity index (χ2n) is 17.7. The van der Waals surface area contributed by atoms with Crippen molar-refractivity contribution in [3.05, 3.63) is 109 Å². The van der Waals surface area contributed by atoms with Crippen molar-refractivity contribution in [2.75, 3.05) is 13.2 Å². The number of carbonyl (C=O) groups is 3. The Morgan fingerprint density at radius 2 is 0.597 bits per heavy atom. The monoisotopic (exact) mass is 929 g/mol. The average Bonchev–Trinajstić information content (AvgIpc) is 3.33. The van der Waals surface area contributed by atoms with Crippen molar-refractivity contribution in [3.8, 4) is 0 Å². The van der Waals surface area contributed by atoms with Crippen molar-refractivity contribution in [1.82, 2.24) is 0 Å². The summed E-state index contributed by atoms with van der Waals surface area (Å²) >= 11 is 0. The van der Waals surface area contributed by atoms with Gasteiger partial charge in [-0.1, -0.05) is 214 Å². The summed E-state index contributed by atoms with van der Waals surface area (Å²) in [6, 6.07) is 0. The molecule has 0 unspecified atom stereocenters. The SMILES string of the molecule is CC/C=C\C/C=C\C/C=C\CCCCCCCC(=O)OC(COC(=O)CCC/C=C\C/C=C\C/C=C\CCCCCCCC)COC(=O)CCC/C=C\C/C=C\C/C=C\CCCCCCCC. The Labute approximate surface area is 412 Å². The number of rotatable bonds is 48. The molecule has 0 aromatic rings. The Bertz CT molecular complexity index is 1320. The van der Waals surface area contributed by atoms with Crippen molar-refractivity contribution in [3.63, 3.8) is 0 Å². The van der Waals surface area contributed by atoms with Crippen LogP contribution in [0.2, 0.25) is 0 Å². The third-order valence-corrected chi connectivity index (χ3v) is 11.2. The van der Waals surface area contributed by atoms with Crippen molar-refractivity contribution in [2.24, 2.45) is 0 Å². The van der Waals surface area contributed by atoms with Crippen molar-refractivity contribution in [1.29, 1.82) is 0 Å². The standard InChI is InChI=1S/C61H100O6/c1-4-7-10-13-16-19-22-25-28-30-33-35-38-41-44-47-50-53-59(62)65-56-58(67-61(64)55-52-49-46-43-40-37-32-27-24-21-18-15-12-9-6-3)57-66-60(63)54-51-48-45-42-39-36-34-31-29-26-23-20-17-14-11-8-5-2/h9,12,18,21,25-29,32-36,41-42,44-45,58H,4-8,10-11,13-17,19-20,22-24,30-31,37-40,43,46-57H2,1-3H3/b12-9-,21-18-,28-25-,29-26-,32-27-,35-33-,36-34-,44-41-,45-42-. The van der Waals surface area contributed by atoms with Gasteiger partial charge in [0, 0.05) is 19.3 Å². The number of ether oxygens (including phenoxy) is 3. The van der Waals surface area contributed by atoms with E-state index >= 15 is 0 Å². The Kier molecular flexibility index (Phi) is 51.5. The summed E-state index contributed by atoms with van der Waals surface area (Å²) in [5.41, 5.74) is 0. The van der Waals surface area contributed by atoms with Crippen LogP contribution in [0, 0.1) is 0 Å². The number of hydrogen-bond donors (Lipinski definition) is 0. The summed E-state index contributed by atoms with van der Waals surface area (Å²) in [5, 5.41) is 0. The Morgan fingerprint density at radius 1 is 0.313 bits per heavy atom. The lowest BCUT2D eigenvalue weighted by molar-refractivity contribution is -0.167. The van der Waals surface area contributed by atoms with Crippen molar-refractivity contribution < 1.29 is 28.6 Å². The first-order chi connectivity index (χ1) is 33.0. The fourth-order valence-corrected chi connectivity index (χ4v) is 7.13. The lowest BCUT2D eigenvalue weighted by atomic mass is 10.1. The minimum absolute atomic E-state index is 0.129. The third-order valence-electron chi connectivity index (χ3n) is 11.2. The molecule has 0 radical (unpaired) electrons. The molecule has 0 aliphatic heterocycles. The summed E-state index contributed by atoms with van der Waals surface area (Å²) < 4.78 is 16.7. The maximum Gasteiger partial charge on any atom is 0.306 e. The first-order valence-electron chi connectivity index (χ1n) is 27.4. The van der Waals surface area contributed by atoms with Crippen LogP contribution in [0.1, 0.15) is 239 Å². The van der Waals surface area contributed by atoms with E-state index in [-0.39, 0.29) is 50.4 Å². The zero-order valence-electron chi connectivity index (χ0n) is 43.4. The van der Waals surface area contributed by atoms with Crippen LogP contribution in [0.3, 0.4) is 0 Å². The van der Waals surface area contributed by atoms with Gasteiger partial charge in [0.15, 0.2) is 6.10 Å². The molecular weight excluding hydrogens is 829 g/mol. The molecule has 0 amide bonds. The van der Waals surface area contributed by atoms with E-state index in [0.717, 1.165) is 96.3 Å². The number of hydrogen-bond acceptors (Lipinski definition) is 6. The van der Waals surface area contributed by atoms with Gasteiger partial charge in [0.2, 0.25) is 0 Å². The lowest BCUT2D eigenvalue weighted by Crippen LogP contribution is -2.30. The maximum absolute atomic E-state index is 12.8. The molecular formula is C61H100O6. The largest absolute Gasteiger partial charge is 0.462 e. The van der Waals surface area contributed by atoms with E-state index in [0.29, 0.717) is 12.8 Å². The van der Waals surface area contributed by atoms with Gasteiger partial charge in [-0.2, -0.15) is 0 Å². The van der Waals surface area contributed by atoms with Gasteiger partial charge in [0.25, 0.3) is 0 Å². The van der Waals surface area contributed by atoms with Gasteiger partial charge in [0.1, 0.15) is 13.2 Å². The quantitative estimate of drug-likeness (QED) is 0.0262. The minimum Gasteiger partial charge on any atom is -0.462 e. The molecule has 0 rings (SSSR count). The molecule has 0 aromatic heterocycles. The third kappa shape index (κ3) is 52.9. The molecule has 0 saturated heterocycles. The molecule has 0 aliphatic carbocycles. The van der Waals surface area contributed by atoms with Crippen LogP contribution in [-0.2, 0) is 28.6 Å². The molecule has 0 heterocycles. The van der Waals surface area contributed by atoms with E-state index in [1.54, 1.807) is 0 Å². The Morgan fingerprint density at radius 3 is 0.955 bits per heavy atom. The second kappa shape index (κ2) is 54.7. The first kappa shape index (κ1) is 63.1. The predicted molar refractivity (Wildman–Crippen MR) is 288 cm³/mol. The number of esters is 3. The fourth-order valence-electron chi connectivity index (χ4n) is 7.13. The van der Waals surface area contributed by atoms with Crippen LogP contribution in [-0.4, -0.2) is 37.2 Å². The molecule has 0 atom stereocenters. The van der Waals surface area contributed by atoms with E-state index < -0.39 is 6.10 Å². The van der Waals surface area contributed by atoms with Gasteiger partial charge in [-0.05, 0) is 116 Å². The first-order valence-corrected chi connectivity index (χ1v) is 27.4. The maximum atomic E-state index is 12.8. The van der Waals surface area contributed by atoms with E-state index in [9.17, 15) is 14.4 Å². The average molecular weight is 929 g/mol. The molecule has 380 valence electrons. The van der Waals surface area contributed by atoms with Gasteiger partial charge in [0.05, 0.1) is 0 Å². The number of carbonyl (C=O) groups excluding carboxylic acids is 3. The van der Waals surface area contributed by atoms with Crippen LogP contribution in [0.15, 0.2) is 109 Å². The van der Waals surface area contributed by atoms with E-state index in [2.05, 4.69) is 130 Å². The topological polar surface area (TPSA) is 78.9 Å². The van der Waals surface area contributed by atoms with Gasteiger partial charge in [-0.15, -0.1) is 0 Å². The Hall–Kier alpha value is -3.93. The fraction of sp³-hybridized carbons (Fsp3) is 0.656. The minimum atomic E-state index is -0.830. The molecule has 0 aromatic carbocycles. The predicted octanol–water partition coefficient (Wildman–Crippen LogP) is 18.3. The van der Waals surface area contributed by atoms with E-state index in [4.69, 9.17) is 14.2 Å². The van der Waals surface area contributed by atoms with E-state index in [1.165, 1.54) is 89.9 Å². The van der Waals surface area contributed by atoms with Gasteiger partial charge >= 0.3 is 17.9 Å². The lowest BCUT2D eigenvalue weighted by Gasteiger charge is -2.18. The van der Waals surface area contributed by atoms with E-state index in [1.807, 2.05) is 0 Å². The normalized spacial score (nSPS) is 12.5. The molecule has 0 spiro atoms. The molecule has 0 fully saturated rings. The summed E-state index contributed by atoms with van der Waals surface area (Å²) in [4.78, 5) is 38.0. The molecule has 0 N–H and O–H groups in total. The Balaban J connectivity index is 4.57. The smallest absolute Gasteiger partial charge is 0.306 e. The number of allylic oxidation sites excluding steroid dienone is 18. The molecule has 0 bridgehead atoms. The molecule has 0 saturated carbocycles. The highest BCUT2D eigenvalue weighted by Crippen LogP contribution is 2.12. The summed E-state index contributed by atoms with van der Waals surface area (Å²) in [5.74, 6) is -1.05. The molecule has 6 nitrogen and oxygen atoms in total. The van der Waals surface area contributed by atoms with Gasteiger partial charge in [-0.25, -0.2) is 0 Å². The highest BCUT2D eigenvalue weighted by atomic mass is 16.6. The van der Waals surface area contributed by atoms with Gasteiger partial charge < -0.3 is 14.2 Å².